The van der Waals surface area contributed by atoms with Crippen molar-refractivity contribution in [1.82, 2.24) is 4.98 Å². The zero-order valence-electron chi connectivity index (χ0n) is 10.1. The second kappa shape index (κ2) is 5.05. The number of ether oxygens (including phenoxy) is 1. The highest BCUT2D eigenvalue weighted by Gasteiger charge is 2.24. The van der Waals surface area contributed by atoms with E-state index in [4.69, 9.17) is 16.3 Å². The number of carbonyl (C=O) groups is 1. The van der Waals surface area contributed by atoms with Gasteiger partial charge in [0, 0.05) is 5.69 Å². The van der Waals surface area contributed by atoms with Crippen LogP contribution in [-0.4, -0.2) is 18.1 Å². The molecule has 0 saturated carbocycles. The quantitative estimate of drug-likeness (QED) is 0.601. The van der Waals surface area contributed by atoms with Crippen molar-refractivity contribution in [3.05, 3.63) is 28.0 Å². The normalized spacial score (nSPS) is 18.6. The largest absolute Gasteiger partial charge is 0.465 e. The molecule has 1 unspecified atom stereocenters. The first-order chi connectivity index (χ1) is 8.15. The molecule has 0 spiro atoms. The summed E-state index contributed by atoms with van der Waals surface area (Å²) in [6.45, 7) is 2.18. The van der Waals surface area contributed by atoms with Crippen LogP contribution in [0.25, 0.3) is 0 Å². The van der Waals surface area contributed by atoms with Gasteiger partial charge in [0.25, 0.3) is 0 Å². The number of nitrogens with zero attached hydrogens (tertiary/aromatic N) is 1. The maximum absolute atomic E-state index is 11.7. The first-order valence-electron chi connectivity index (χ1n) is 5.92. The van der Waals surface area contributed by atoms with Crippen molar-refractivity contribution in [2.24, 2.45) is 5.92 Å². The summed E-state index contributed by atoms with van der Waals surface area (Å²) in [4.78, 5) is 16.0. The molecule has 0 N–H and O–H groups in total. The monoisotopic (exact) mass is 253 g/mol. The standard InChI is InChI=1S/C13H16ClNO2/c1-3-8-4-5-11-9(6-8)10(13(16)17-2)7-12(14)15-11/h7-8H,3-6H2,1-2H3. The minimum absolute atomic E-state index is 0.317. The van der Waals surface area contributed by atoms with Crippen molar-refractivity contribution >= 4 is 17.6 Å². The van der Waals surface area contributed by atoms with Gasteiger partial charge in [0.1, 0.15) is 5.15 Å². The fourth-order valence-electron chi connectivity index (χ4n) is 2.40. The highest BCUT2D eigenvalue weighted by molar-refractivity contribution is 6.29. The Morgan fingerprint density at radius 3 is 3.06 bits per heavy atom. The van der Waals surface area contributed by atoms with Crippen molar-refractivity contribution < 1.29 is 9.53 Å². The fraction of sp³-hybridized carbons (Fsp3) is 0.538. The molecule has 0 bridgehead atoms. The Balaban J connectivity index is 2.45. The lowest BCUT2D eigenvalue weighted by Gasteiger charge is -2.24. The number of pyridine rings is 1. The van der Waals surface area contributed by atoms with Crippen LogP contribution in [0.5, 0.6) is 0 Å². The average Bonchev–Trinajstić information content (AvgIpc) is 2.36. The Hall–Kier alpha value is -1.09. The smallest absolute Gasteiger partial charge is 0.338 e. The third-order valence-corrected chi connectivity index (χ3v) is 3.64. The highest BCUT2D eigenvalue weighted by atomic mass is 35.5. The van der Waals surface area contributed by atoms with Crippen LogP contribution in [0.15, 0.2) is 6.07 Å². The predicted molar refractivity (Wildman–Crippen MR) is 66.4 cm³/mol. The lowest BCUT2D eigenvalue weighted by molar-refractivity contribution is 0.0598. The van der Waals surface area contributed by atoms with Gasteiger partial charge in [-0.25, -0.2) is 9.78 Å². The van der Waals surface area contributed by atoms with Gasteiger partial charge in [0.2, 0.25) is 0 Å². The molecular weight excluding hydrogens is 238 g/mol. The summed E-state index contributed by atoms with van der Waals surface area (Å²) in [7, 11) is 1.39. The number of halogens is 1. The molecule has 0 aromatic carbocycles. The van der Waals surface area contributed by atoms with Crippen molar-refractivity contribution in [3.63, 3.8) is 0 Å². The van der Waals surface area contributed by atoms with Crippen molar-refractivity contribution in [3.8, 4) is 0 Å². The molecule has 4 heteroatoms. The van der Waals surface area contributed by atoms with E-state index in [1.165, 1.54) is 7.11 Å². The molecule has 92 valence electrons. The lowest BCUT2D eigenvalue weighted by Crippen LogP contribution is -2.19. The molecule has 0 aliphatic heterocycles. The van der Waals surface area contributed by atoms with Crippen molar-refractivity contribution in [2.45, 2.75) is 32.6 Å². The van der Waals surface area contributed by atoms with E-state index in [1.807, 2.05) is 0 Å². The maximum atomic E-state index is 11.7. The van der Waals surface area contributed by atoms with Gasteiger partial charge in [0.05, 0.1) is 12.7 Å². The van der Waals surface area contributed by atoms with Gasteiger partial charge in [-0.15, -0.1) is 0 Å². The summed E-state index contributed by atoms with van der Waals surface area (Å²) in [5, 5.41) is 0.374. The van der Waals surface area contributed by atoms with E-state index in [0.717, 1.165) is 36.9 Å². The Morgan fingerprint density at radius 1 is 1.65 bits per heavy atom. The lowest BCUT2D eigenvalue weighted by atomic mass is 9.83. The van der Waals surface area contributed by atoms with Gasteiger partial charge in [-0.05, 0) is 36.8 Å². The molecule has 1 aromatic heterocycles. The van der Waals surface area contributed by atoms with E-state index in [2.05, 4.69) is 11.9 Å². The van der Waals surface area contributed by atoms with Gasteiger partial charge in [-0.1, -0.05) is 24.9 Å². The van der Waals surface area contributed by atoms with Crippen LogP contribution < -0.4 is 0 Å². The Morgan fingerprint density at radius 2 is 2.41 bits per heavy atom. The number of methoxy groups -OCH3 is 1. The number of aromatic nitrogens is 1. The van der Waals surface area contributed by atoms with Crippen molar-refractivity contribution in [2.75, 3.05) is 7.11 Å². The topological polar surface area (TPSA) is 39.2 Å². The van der Waals surface area contributed by atoms with Gasteiger partial charge in [0.15, 0.2) is 0 Å². The predicted octanol–water partition coefficient (Wildman–Crippen LogP) is 3.04. The molecule has 0 fully saturated rings. The Kier molecular flexibility index (Phi) is 3.67. The number of aryl methyl sites for hydroxylation is 1. The second-order valence-electron chi connectivity index (χ2n) is 4.43. The van der Waals surface area contributed by atoms with E-state index in [-0.39, 0.29) is 5.97 Å². The number of carbonyl (C=O) groups excluding carboxylic acids is 1. The van der Waals surface area contributed by atoms with E-state index in [1.54, 1.807) is 6.07 Å². The van der Waals surface area contributed by atoms with Gasteiger partial charge >= 0.3 is 5.97 Å². The summed E-state index contributed by atoms with van der Waals surface area (Å²) >= 11 is 5.93. The summed E-state index contributed by atoms with van der Waals surface area (Å²) < 4.78 is 4.80. The summed E-state index contributed by atoms with van der Waals surface area (Å²) in [6.07, 6.45) is 4.05. The molecule has 2 rings (SSSR count). The molecule has 1 atom stereocenters. The van der Waals surface area contributed by atoms with Gasteiger partial charge in [-0.2, -0.15) is 0 Å². The molecule has 0 amide bonds. The summed E-state index contributed by atoms with van der Waals surface area (Å²) in [5.41, 5.74) is 2.57. The van der Waals surface area contributed by atoms with Crippen LogP contribution in [0.3, 0.4) is 0 Å². The molecule has 3 nitrogen and oxygen atoms in total. The molecule has 17 heavy (non-hydrogen) atoms. The highest BCUT2D eigenvalue weighted by Crippen LogP contribution is 2.30. The van der Waals surface area contributed by atoms with E-state index >= 15 is 0 Å². The molecular formula is C13H16ClNO2. The third kappa shape index (κ3) is 2.44. The van der Waals surface area contributed by atoms with Crippen LogP contribution in [0.2, 0.25) is 5.15 Å². The van der Waals surface area contributed by atoms with E-state index < -0.39 is 0 Å². The van der Waals surface area contributed by atoms with Crippen LogP contribution in [0, 0.1) is 5.92 Å². The maximum Gasteiger partial charge on any atom is 0.338 e. The third-order valence-electron chi connectivity index (χ3n) is 3.44. The number of hydrogen-bond donors (Lipinski definition) is 0. The minimum Gasteiger partial charge on any atom is -0.465 e. The Bertz CT molecular complexity index is 445. The van der Waals surface area contributed by atoms with Gasteiger partial charge < -0.3 is 4.74 Å². The first kappa shape index (κ1) is 12.4. The summed E-state index contributed by atoms with van der Waals surface area (Å²) in [5.74, 6) is 0.316. The first-order valence-corrected chi connectivity index (χ1v) is 6.30. The van der Waals surface area contributed by atoms with Crippen LogP contribution in [0.4, 0.5) is 0 Å². The molecule has 0 saturated heterocycles. The van der Waals surface area contributed by atoms with Crippen LogP contribution >= 0.6 is 11.6 Å². The van der Waals surface area contributed by atoms with Crippen LogP contribution in [-0.2, 0) is 17.6 Å². The number of hydrogen-bond acceptors (Lipinski definition) is 3. The number of fused-ring (bicyclic) bond motifs is 1. The van der Waals surface area contributed by atoms with E-state index in [9.17, 15) is 4.79 Å². The van der Waals surface area contributed by atoms with E-state index in [0.29, 0.717) is 16.6 Å². The zero-order valence-corrected chi connectivity index (χ0v) is 10.9. The minimum atomic E-state index is -0.317. The summed E-state index contributed by atoms with van der Waals surface area (Å²) in [6, 6.07) is 1.62. The van der Waals surface area contributed by atoms with Crippen molar-refractivity contribution in [1.29, 1.82) is 0 Å². The number of esters is 1. The molecule has 1 heterocycles. The average molecular weight is 254 g/mol. The second-order valence-corrected chi connectivity index (χ2v) is 4.81. The number of rotatable bonds is 2. The molecule has 1 aliphatic rings. The Labute approximate surface area is 106 Å². The zero-order chi connectivity index (χ0) is 12.4. The fourth-order valence-corrected chi connectivity index (χ4v) is 2.61. The SMILES string of the molecule is CCC1CCc2nc(Cl)cc(C(=O)OC)c2C1. The molecule has 1 aromatic rings. The van der Waals surface area contributed by atoms with Gasteiger partial charge in [-0.3, -0.25) is 0 Å². The molecule has 1 aliphatic carbocycles. The van der Waals surface area contributed by atoms with Crippen LogP contribution in [0.1, 0.15) is 41.4 Å². The molecule has 0 radical (unpaired) electrons.